The summed E-state index contributed by atoms with van der Waals surface area (Å²) in [5, 5.41) is 1.93. The Hall–Kier alpha value is -2.25. The topological polar surface area (TPSA) is 55.4 Å². The second-order valence-electron chi connectivity index (χ2n) is 4.49. The lowest BCUT2D eigenvalue weighted by molar-refractivity contribution is -0.119. The first-order valence-corrected chi connectivity index (χ1v) is 7.10. The number of hydrogen-bond acceptors (Lipinski definition) is 3. The monoisotopic (exact) mass is 377 g/mol. The SMILES string of the molecule is O=C(COC(=O)c1cc(F)c(F)cc1Cl)Nc1ccc(Cl)cc1F. The van der Waals surface area contributed by atoms with Gasteiger partial charge in [-0.15, -0.1) is 0 Å². The van der Waals surface area contributed by atoms with Crippen LogP contribution in [0.5, 0.6) is 0 Å². The molecule has 0 fully saturated rings. The van der Waals surface area contributed by atoms with E-state index in [2.05, 4.69) is 10.1 Å². The number of esters is 1. The van der Waals surface area contributed by atoms with Gasteiger partial charge < -0.3 is 10.1 Å². The molecule has 0 radical (unpaired) electrons. The van der Waals surface area contributed by atoms with Gasteiger partial charge in [0.25, 0.3) is 5.91 Å². The fraction of sp³-hybridized carbons (Fsp3) is 0.0667. The molecule has 0 saturated heterocycles. The average molecular weight is 378 g/mol. The van der Waals surface area contributed by atoms with Crippen LogP contribution in [-0.2, 0) is 9.53 Å². The summed E-state index contributed by atoms with van der Waals surface area (Å²) in [6.07, 6.45) is 0. The number of anilines is 1. The molecule has 0 aliphatic heterocycles. The normalized spacial score (nSPS) is 10.4. The average Bonchev–Trinajstić information content (AvgIpc) is 2.51. The third-order valence-corrected chi connectivity index (χ3v) is 3.32. The fourth-order valence-corrected chi connectivity index (χ4v) is 2.05. The highest BCUT2D eigenvalue weighted by Crippen LogP contribution is 2.21. The van der Waals surface area contributed by atoms with Crippen LogP contribution in [0, 0.1) is 17.5 Å². The standard InChI is InChI=1S/C15H8Cl2F3NO3/c16-7-1-2-13(12(20)3-7)21-14(22)6-24-15(23)8-4-10(18)11(19)5-9(8)17/h1-5H,6H2,(H,21,22). The van der Waals surface area contributed by atoms with Crippen molar-refractivity contribution in [2.75, 3.05) is 11.9 Å². The van der Waals surface area contributed by atoms with Crippen molar-refractivity contribution in [2.45, 2.75) is 0 Å². The lowest BCUT2D eigenvalue weighted by atomic mass is 10.2. The van der Waals surface area contributed by atoms with E-state index in [1.807, 2.05) is 0 Å². The molecule has 0 atom stereocenters. The molecule has 0 spiro atoms. The Morgan fingerprint density at radius 1 is 1.00 bits per heavy atom. The van der Waals surface area contributed by atoms with Gasteiger partial charge >= 0.3 is 5.97 Å². The zero-order valence-corrected chi connectivity index (χ0v) is 13.2. The Morgan fingerprint density at radius 2 is 1.67 bits per heavy atom. The van der Waals surface area contributed by atoms with Gasteiger partial charge in [-0.25, -0.2) is 18.0 Å². The molecule has 9 heteroatoms. The molecule has 1 amide bonds. The van der Waals surface area contributed by atoms with E-state index in [1.165, 1.54) is 12.1 Å². The van der Waals surface area contributed by atoms with Gasteiger partial charge in [-0.1, -0.05) is 23.2 Å². The number of benzene rings is 2. The molecule has 2 rings (SSSR count). The first kappa shape index (κ1) is 18.1. The second-order valence-corrected chi connectivity index (χ2v) is 5.34. The largest absolute Gasteiger partial charge is 0.452 e. The van der Waals surface area contributed by atoms with Gasteiger partial charge in [-0.05, 0) is 30.3 Å². The second kappa shape index (κ2) is 7.55. The zero-order chi connectivity index (χ0) is 17.9. The van der Waals surface area contributed by atoms with E-state index in [1.54, 1.807) is 0 Å². The number of carbonyl (C=O) groups is 2. The minimum atomic E-state index is -1.29. The van der Waals surface area contributed by atoms with Gasteiger partial charge in [-0.2, -0.15) is 0 Å². The van der Waals surface area contributed by atoms with Gasteiger partial charge in [0.05, 0.1) is 16.3 Å². The Bertz CT molecular complexity index is 815. The molecule has 0 aliphatic carbocycles. The number of halogens is 5. The molecular weight excluding hydrogens is 370 g/mol. The van der Waals surface area contributed by atoms with Crippen LogP contribution in [0.2, 0.25) is 10.0 Å². The number of rotatable bonds is 4. The predicted octanol–water partition coefficient (Wildman–Crippen LogP) is 4.21. The molecule has 126 valence electrons. The third kappa shape index (κ3) is 4.39. The summed E-state index contributed by atoms with van der Waals surface area (Å²) in [6, 6.07) is 4.73. The van der Waals surface area contributed by atoms with E-state index in [9.17, 15) is 22.8 Å². The number of carbonyl (C=O) groups excluding carboxylic acids is 2. The van der Waals surface area contributed by atoms with Crippen molar-refractivity contribution < 1.29 is 27.5 Å². The molecule has 2 aromatic rings. The van der Waals surface area contributed by atoms with E-state index in [4.69, 9.17) is 23.2 Å². The number of nitrogens with one attached hydrogen (secondary N) is 1. The Morgan fingerprint density at radius 3 is 2.33 bits per heavy atom. The van der Waals surface area contributed by atoms with Crippen LogP contribution in [0.3, 0.4) is 0 Å². The van der Waals surface area contributed by atoms with Crippen molar-refractivity contribution in [3.63, 3.8) is 0 Å². The van der Waals surface area contributed by atoms with Gasteiger partial charge in [0.15, 0.2) is 18.2 Å². The van der Waals surface area contributed by atoms with E-state index in [-0.39, 0.29) is 15.7 Å². The number of ether oxygens (including phenoxy) is 1. The molecule has 0 heterocycles. The maximum absolute atomic E-state index is 13.5. The van der Waals surface area contributed by atoms with Crippen LogP contribution in [-0.4, -0.2) is 18.5 Å². The van der Waals surface area contributed by atoms with Crippen LogP contribution in [0.1, 0.15) is 10.4 Å². The number of amides is 1. The Kier molecular flexibility index (Phi) is 5.69. The quantitative estimate of drug-likeness (QED) is 0.641. The highest BCUT2D eigenvalue weighted by Gasteiger charge is 2.18. The smallest absolute Gasteiger partial charge is 0.340 e. The molecule has 4 nitrogen and oxygen atoms in total. The fourth-order valence-electron chi connectivity index (χ4n) is 1.66. The molecule has 0 bridgehead atoms. The van der Waals surface area contributed by atoms with Crippen LogP contribution < -0.4 is 5.32 Å². The van der Waals surface area contributed by atoms with Gasteiger partial charge in [0.2, 0.25) is 0 Å². The summed E-state index contributed by atoms with van der Waals surface area (Å²) in [6.45, 7) is -0.782. The third-order valence-electron chi connectivity index (χ3n) is 2.77. The molecule has 0 aliphatic rings. The summed E-state index contributed by atoms with van der Waals surface area (Å²) in [5.74, 6) is -5.27. The van der Waals surface area contributed by atoms with Gasteiger partial charge in [0.1, 0.15) is 5.82 Å². The first-order valence-electron chi connectivity index (χ1n) is 6.34. The zero-order valence-electron chi connectivity index (χ0n) is 11.7. The van der Waals surface area contributed by atoms with Crippen molar-refractivity contribution in [2.24, 2.45) is 0 Å². The summed E-state index contributed by atoms with van der Waals surface area (Å²) in [5.41, 5.74) is -0.604. The van der Waals surface area contributed by atoms with Crippen LogP contribution >= 0.6 is 23.2 Å². The molecule has 0 unspecified atom stereocenters. The molecule has 1 N–H and O–H groups in total. The lowest BCUT2D eigenvalue weighted by Gasteiger charge is -2.08. The van der Waals surface area contributed by atoms with Gasteiger partial charge in [0, 0.05) is 5.02 Å². The van der Waals surface area contributed by atoms with E-state index in [0.717, 1.165) is 6.07 Å². The van der Waals surface area contributed by atoms with E-state index >= 15 is 0 Å². The van der Waals surface area contributed by atoms with E-state index < -0.39 is 41.5 Å². The molecular formula is C15H8Cl2F3NO3. The van der Waals surface area contributed by atoms with Gasteiger partial charge in [-0.3, -0.25) is 4.79 Å². The maximum Gasteiger partial charge on any atom is 0.340 e. The van der Waals surface area contributed by atoms with Crippen molar-refractivity contribution in [3.05, 3.63) is 63.4 Å². The maximum atomic E-state index is 13.5. The summed E-state index contributed by atoms with van der Waals surface area (Å²) in [4.78, 5) is 23.4. The molecule has 0 aromatic heterocycles. The highest BCUT2D eigenvalue weighted by atomic mass is 35.5. The molecule has 0 saturated carbocycles. The van der Waals surface area contributed by atoms with Crippen LogP contribution in [0.25, 0.3) is 0 Å². The highest BCUT2D eigenvalue weighted by molar-refractivity contribution is 6.33. The summed E-state index contributed by atoms with van der Waals surface area (Å²) >= 11 is 11.2. The summed E-state index contributed by atoms with van der Waals surface area (Å²) in [7, 11) is 0. The first-order chi connectivity index (χ1) is 11.3. The predicted molar refractivity (Wildman–Crippen MR) is 81.7 cm³/mol. The van der Waals surface area contributed by atoms with Crippen LogP contribution in [0.15, 0.2) is 30.3 Å². The Balaban J connectivity index is 1.99. The Labute approximate surface area is 144 Å². The van der Waals surface area contributed by atoms with Crippen molar-refractivity contribution in [1.29, 1.82) is 0 Å². The lowest BCUT2D eigenvalue weighted by Crippen LogP contribution is -2.21. The van der Waals surface area contributed by atoms with Crippen molar-refractivity contribution in [3.8, 4) is 0 Å². The van der Waals surface area contributed by atoms with Crippen molar-refractivity contribution >= 4 is 40.8 Å². The minimum absolute atomic E-state index is 0.143. The number of hydrogen-bond donors (Lipinski definition) is 1. The van der Waals surface area contributed by atoms with Crippen LogP contribution in [0.4, 0.5) is 18.9 Å². The van der Waals surface area contributed by atoms with E-state index in [0.29, 0.717) is 12.1 Å². The minimum Gasteiger partial charge on any atom is -0.452 e. The molecule has 2 aromatic carbocycles. The summed E-state index contributed by atoms with van der Waals surface area (Å²) < 4.78 is 44.2. The van der Waals surface area contributed by atoms with Crippen molar-refractivity contribution in [1.82, 2.24) is 0 Å². The molecule has 24 heavy (non-hydrogen) atoms.